The highest BCUT2D eigenvalue weighted by Crippen LogP contribution is 2.35. The average molecular weight is 352 g/mol. The van der Waals surface area contributed by atoms with Gasteiger partial charge in [-0.25, -0.2) is 4.98 Å². The molecule has 1 saturated heterocycles. The van der Waals surface area contributed by atoms with Gasteiger partial charge in [0.05, 0.1) is 5.56 Å². The Morgan fingerprint density at radius 2 is 2.25 bits per heavy atom. The van der Waals surface area contributed by atoms with Gasteiger partial charge in [0.25, 0.3) is 0 Å². The van der Waals surface area contributed by atoms with E-state index in [0.29, 0.717) is 11.0 Å². The van der Waals surface area contributed by atoms with Crippen molar-refractivity contribution in [3.63, 3.8) is 0 Å². The number of rotatable bonds is 4. The van der Waals surface area contributed by atoms with Crippen LogP contribution in [0.15, 0.2) is 16.7 Å². The summed E-state index contributed by atoms with van der Waals surface area (Å²) in [7, 11) is 0. The molecular formula is C13H17BrF3N3. The number of likely N-dealkylation sites (N-methyl/N-ethyl adjacent to an activating group) is 1. The molecule has 2 heterocycles. The summed E-state index contributed by atoms with van der Waals surface area (Å²) >= 11 is 3.03. The van der Waals surface area contributed by atoms with Crippen molar-refractivity contribution in [3.8, 4) is 0 Å². The van der Waals surface area contributed by atoms with Crippen LogP contribution in [0.1, 0.15) is 25.3 Å². The molecule has 2 rings (SSSR count). The highest BCUT2D eigenvalue weighted by atomic mass is 79.9. The first-order valence-corrected chi connectivity index (χ1v) is 7.41. The number of aromatic nitrogens is 1. The van der Waals surface area contributed by atoms with E-state index in [2.05, 4.69) is 38.1 Å². The second kappa shape index (κ2) is 6.30. The third kappa shape index (κ3) is 3.63. The van der Waals surface area contributed by atoms with Crippen LogP contribution in [-0.4, -0.2) is 35.6 Å². The normalized spacial score (nSPS) is 20.4. The van der Waals surface area contributed by atoms with Gasteiger partial charge in [0.1, 0.15) is 5.82 Å². The first-order chi connectivity index (χ1) is 9.41. The van der Waals surface area contributed by atoms with Crippen LogP contribution in [0.4, 0.5) is 19.0 Å². The van der Waals surface area contributed by atoms with Crippen molar-refractivity contribution in [2.45, 2.75) is 32.0 Å². The molecular weight excluding hydrogens is 335 g/mol. The topological polar surface area (TPSA) is 28.2 Å². The van der Waals surface area contributed by atoms with Crippen molar-refractivity contribution in [1.29, 1.82) is 0 Å². The van der Waals surface area contributed by atoms with Crippen LogP contribution in [0.5, 0.6) is 0 Å². The Balaban J connectivity index is 2.09. The minimum atomic E-state index is -4.40. The summed E-state index contributed by atoms with van der Waals surface area (Å²) in [4.78, 5) is 6.14. The number of alkyl halides is 3. The van der Waals surface area contributed by atoms with Crippen LogP contribution in [0.25, 0.3) is 0 Å². The van der Waals surface area contributed by atoms with Gasteiger partial charge < -0.3 is 5.32 Å². The van der Waals surface area contributed by atoms with Crippen molar-refractivity contribution in [3.05, 3.63) is 22.3 Å². The van der Waals surface area contributed by atoms with Gasteiger partial charge in [0.15, 0.2) is 0 Å². The smallest absolute Gasteiger partial charge is 0.368 e. The Morgan fingerprint density at radius 1 is 1.50 bits per heavy atom. The Hall–Kier alpha value is -0.820. The highest BCUT2D eigenvalue weighted by Gasteiger charge is 2.35. The molecule has 20 heavy (non-hydrogen) atoms. The first kappa shape index (κ1) is 15.6. The van der Waals surface area contributed by atoms with Crippen LogP contribution in [0.3, 0.4) is 0 Å². The molecule has 1 fully saturated rings. The number of halogens is 4. The summed E-state index contributed by atoms with van der Waals surface area (Å²) in [6, 6.07) is 1.34. The largest absolute Gasteiger partial charge is 0.419 e. The van der Waals surface area contributed by atoms with Crippen LogP contribution in [-0.2, 0) is 6.18 Å². The molecule has 1 unspecified atom stereocenters. The van der Waals surface area contributed by atoms with Gasteiger partial charge in [-0.3, -0.25) is 4.90 Å². The molecule has 7 heteroatoms. The Bertz CT molecular complexity index is 465. The fourth-order valence-corrected chi connectivity index (χ4v) is 2.88. The zero-order valence-electron chi connectivity index (χ0n) is 11.2. The van der Waals surface area contributed by atoms with E-state index in [-0.39, 0.29) is 11.9 Å². The molecule has 0 saturated carbocycles. The molecule has 0 bridgehead atoms. The van der Waals surface area contributed by atoms with E-state index in [1.807, 2.05) is 0 Å². The maximum Gasteiger partial charge on any atom is 0.419 e. The predicted octanol–water partition coefficient (Wildman–Crippen LogP) is 3.76. The third-order valence-corrected chi connectivity index (χ3v) is 4.00. The van der Waals surface area contributed by atoms with Crippen molar-refractivity contribution < 1.29 is 13.2 Å². The lowest BCUT2D eigenvalue weighted by molar-refractivity contribution is -0.137. The van der Waals surface area contributed by atoms with Crippen molar-refractivity contribution in [2.75, 3.05) is 25.0 Å². The molecule has 1 aromatic rings. The fraction of sp³-hybridized carbons (Fsp3) is 0.615. The SMILES string of the molecule is CCN1CCCC1CNc1ncc(Br)cc1C(F)(F)F. The molecule has 3 nitrogen and oxygen atoms in total. The monoisotopic (exact) mass is 351 g/mol. The molecule has 1 aliphatic rings. The number of likely N-dealkylation sites (tertiary alicyclic amines) is 1. The van der Waals surface area contributed by atoms with Crippen LogP contribution in [0, 0.1) is 0 Å². The lowest BCUT2D eigenvalue weighted by Gasteiger charge is -2.24. The zero-order valence-corrected chi connectivity index (χ0v) is 12.8. The molecule has 0 aromatic carbocycles. The third-order valence-electron chi connectivity index (χ3n) is 3.57. The van der Waals surface area contributed by atoms with E-state index < -0.39 is 11.7 Å². The molecule has 1 N–H and O–H groups in total. The predicted molar refractivity (Wildman–Crippen MR) is 75.7 cm³/mol. The number of anilines is 1. The van der Waals surface area contributed by atoms with Crippen molar-refractivity contribution >= 4 is 21.7 Å². The molecule has 0 spiro atoms. The summed E-state index contributed by atoms with van der Waals surface area (Å²) in [6.45, 7) is 4.50. The quantitative estimate of drug-likeness (QED) is 0.895. The summed E-state index contributed by atoms with van der Waals surface area (Å²) in [5, 5.41) is 2.86. The molecule has 1 aromatic heterocycles. The van der Waals surface area contributed by atoms with E-state index in [4.69, 9.17) is 0 Å². The highest BCUT2D eigenvalue weighted by molar-refractivity contribution is 9.10. The minimum Gasteiger partial charge on any atom is -0.368 e. The van der Waals surface area contributed by atoms with Gasteiger partial charge in [0, 0.05) is 23.3 Å². The first-order valence-electron chi connectivity index (χ1n) is 6.62. The number of nitrogens with zero attached hydrogens (tertiary/aromatic N) is 2. The summed E-state index contributed by atoms with van der Waals surface area (Å²) < 4.78 is 39.2. The van der Waals surface area contributed by atoms with E-state index in [1.165, 1.54) is 6.20 Å². The number of pyridine rings is 1. The molecule has 0 aliphatic carbocycles. The lowest BCUT2D eigenvalue weighted by Crippen LogP contribution is -2.35. The minimum absolute atomic E-state index is 0.0938. The van der Waals surface area contributed by atoms with Gasteiger partial charge in [-0.15, -0.1) is 0 Å². The fourth-order valence-electron chi connectivity index (χ4n) is 2.55. The van der Waals surface area contributed by atoms with E-state index in [0.717, 1.165) is 32.0 Å². The second-order valence-corrected chi connectivity index (χ2v) is 5.77. The Morgan fingerprint density at radius 3 is 2.90 bits per heavy atom. The summed E-state index contributed by atoms with van der Waals surface area (Å²) in [5.74, 6) is -0.0938. The zero-order chi connectivity index (χ0) is 14.8. The van der Waals surface area contributed by atoms with Crippen LogP contribution < -0.4 is 5.32 Å². The van der Waals surface area contributed by atoms with Gasteiger partial charge >= 0.3 is 6.18 Å². The van der Waals surface area contributed by atoms with Crippen molar-refractivity contribution in [1.82, 2.24) is 9.88 Å². The summed E-state index contributed by atoms with van der Waals surface area (Å²) in [5.41, 5.74) is -0.729. The van der Waals surface area contributed by atoms with E-state index in [9.17, 15) is 13.2 Å². The van der Waals surface area contributed by atoms with Gasteiger partial charge in [-0.2, -0.15) is 13.2 Å². The van der Waals surface area contributed by atoms with E-state index in [1.54, 1.807) is 0 Å². The molecule has 1 aliphatic heterocycles. The summed E-state index contributed by atoms with van der Waals surface area (Å²) in [6.07, 6.45) is -0.915. The van der Waals surface area contributed by atoms with Crippen molar-refractivity contribution in [2.24, 2.45) is 0 Å². The molecule has 112 valence electrons. The van der Waals surface area contributed by atoms with Crippen LogP contribution >= 0.6 is 15.9 Å². The van der Waals surface area contributed by atoms with E-state index >= 15 is 0 Å². The van der Waals surface area contributed by atoms with Gasteiger partial charge in [-0.1, -0.05) is 6.92 Å². The standard InChI is InChI=1S/C13H17BrF3N3/c1-2-20-5-3-4-10(20)8-19-12-11(13(15,16)17)6-9(14)7-18-12/h6-7,10H,2-5,8H2,1H3,(H,18,19). The second-order valence-electron chi connectivity index (χ2n) is 4.85. The number of hydrogen-bond donors (Lipinski definition) is 1. The Labute approximate surface area is 124 Å². The maximum absolute atomic E-state index is 13.0. The number of hydrogen-bond acceptors (Lipinski definition) is 3. The van der Waals surface area contributed by atoms with Gasteiger partial charge in [0.2, 0.25) is 0 Å². The van der Waals surface area contributed by atoms with Crippen LogP contribution in [0.2, 0.25) is 0 Å². The average Bonchev–Trinajstić information content (AvgIpc) is 2.83. The molecule has 0 radical (unpaired) electrons. The molecule has 0 amide bonds. The lowest BCUT2D eigenvalue weighted by atomic mass is 10.2. The number of nitrogens with one attached hydrogen (secondary N) is 1. The van der Waals surface area contributed by atoms with Gasteiger partial charge in [-0.05, 0) is 47.9 Å². The molecule has 1 atom stereocenters. The Kier molecular flexibility index (Phi) is 4.90. The maximum atomic E-state index is 13.0.